The zero-order valence-electron chi connectivity index (χ0n) is 13.8. The maximum atomic E-state index is 11.0. The summed E-state index contributed by atoms with van der Waals surface area (Å²) in [6.45, 7) is 1.55. The molecule has 0 aliphatic carbocycles. The Hall–Kier alpha value is -0.830. The molecule has 1 rings (SSSR count). The highest BCUT2D eigenvalue weighted by atomic mass is 127. The van der Waals surface area contributed by atoms with E-state index in [-0.39, 0.29) is 29.9 Å². The molecule has 23 heavy (non-hydrogen) atoms. The topological polar surface area (TPSA) is 53.9 Å². The first-order chi connectivity index (χ1) is 10.6. The van der Waals surface area contributed by atoms with E-state index < -0.39 is 0 Å². The van der Waals surface area contributed by atoms with Crippen LogP contribution in [0, 0.1) is 0 Å². The van der Waals surface area contributed by atoms with Crippen LogP contribution in [0.2, 0.25) is 0 Å². The summed E-state index contributed by atoms with van der Waals surface area (Å²) in [4.78, 5) is 17.4. The number of unbranched alkanes of at least 4 members (excludes halogenated alkanes) is 1. The standard InChI is InChI=1S/C16H24BrN3O2.HI/c1-18-16(19-11-7-6-10-15(21)22-3)20(2)12-13-8-4-5-9-14(13)17;/h4-5,8-9H,6-7,10-12H2,1-3H3,(H,18,19);1H. The van der Waals surface area contributed by atoms with Crippen molar-refractivity contribution < 1.29 is 9.53 Å². The van der Waals surface area contributed by atoms with Crippen molar-refractivity contribution in [3.63, 3.8) is 0 Å². The lowest BCUT2D eigenvalue weighted by atomic mass is 10.2. The summed E-state index contributed by atoms with van der Waals surface area (Å²) in [6.07, 6.45) is 2.17. The Kier molecular flexibility index (Phi) is 12.1. The van der Waals surface area contributed by atoms with E-state index in [4.69, 9.17) is 0 Å². The van der Waals surface area contributed by atoms with E-state index >= 15 is 0 Å². The predicted molar refractivity (Wildman–Crippen MR) is 108 cm³/mol. The zero-order valence-corrected chi connectivity index (χ0v) is 17.8. The number of carbonyl (C=O) groups excluding carboxylic acids is 1. The van der Waals surface area contributed by atoms with Crippen molar-refractivity contribution in [2.45, 2.75) is 25.8 Å². The molecule has 0 aliphatic rings. The normalized spacial score (nSPS) is 10.7. The monoisotopic (exact) mass is 497 g/mol. The second-order valence-corrected chi connectivity index (χ2v) is 5.81. The molecule has 0 aliphatic heterocycles. The number of halogens is 2. The van der Waals surface area contributed by atoms with Gasteiger partial charge in [0.25, 0.3) is 0 Å². The maximum Gasteiger partial charge on any atom is 0.305 e. The molecular weight excluding hydrogens is 473 g/mol. The van der Waals surface area contributed by atoms with E-state index in [1.807, 2.05) is 25.2 Å². The van der Waals surface area contributed by atoms with Crippen molar-refractivity contribution in [3.05, 3.63) is 34.3 Å². The van der Waals surface area contributed by atoms with Gasteiger partial charge in [-0.2, -0.15) is 0 Å². The Morgan fingerprint density at radius 2 is 2.04 bits per heavy atom. The molecule has 0 radical (unpaired) electrons. The molecule has 1 aromatic rings. The quantitative estimate of drug-likeness (QED) is 0.206. The lowest BCUT2D eigenvalue weighted by Crippen LogP contribution is -2.38. The van der Waals surface area contributed by atoms with Gasteiger partial charge in [-0.15, -0.1) is 24.0 Å². The average Bonchev–Trinajstić information content (AvgIpc) is 2.52. The number of aliphatic imine (C=N–C) groups is 1. The van der Waals surface area contributed by atoms with Gasteiger partial charge in [0.15, 0.2) is 5.96 Å². The van der Waals surface area contributed by atoms with E-state index in [0.717, 1.165) is 36.4 Å². The molecule has 0 spiro atoms. The number of carbonyl (C=O) groups is 1. The molecule has 0 saturated carbocycles. The second kappa shape index (κ2) is 12.6. The van der Waals surface area contributed by atoms with Crippen LogP contribution in [-0.4, -0.2) is 44.6 Å². The molecule has 130 valence electrons. The summed E-state index contributed by atoms with van der Waals surface area (Å²) >= 11 is 3.56. The predicted octanol–water partition coefficient (Wildman–Crippen LogP) is 3.42. The fourth-order valence-corrected chi connectivity index (χ4v) is 2.45. The third-order valence-corrected chi connectivity index (χ3v) is 4.03. The molecule has 0 atom stereocenters. The van der Waals surface area contributed by atoms with Crippen LogP contribution >= 0.6 is 39.9 Å². The van der Waals surface area contributed by atoms with Crippen molar-refractivity contribution in [2.75, 3.05) is 27.7 Å². The number of methoxy groups -OCH3 is 1. The minimum Gasteiger partial charge on any atom is -0.469 e. The minimum atomic E-state index is -0.157. The van der Waals surface area contributed by atoms with Gasteiger partial charge in [0.2, 0.25) is 0 Å². The van der Waals surface area contributed by atoms with Gasteiger partial charge in [-0.3, -0.25) is 9.79 Å². The van der Waals surface area contributed by atoms with E-state index in [1.54, 1.807) is 7.05 Å². The van der Waals surface area contributed by atoms with Crippen molar-refractivity contribution >= 4 is 51.8 Å². The lowest BCUT2D eigenvalue weighted by molar-refractivity contribution is -0.140. The molecule has 0 unspecified atom stereocenters. The highest BCUT2D eigenvalue weighted by Gasteiger charge is 2.08. The van der Waals surface area contributed by atoms with Crippen molar-refractivity contribution in [3.8, 4) is 0 Å². The highest BCUT2D eigenvalue weighted by molar-refractivity contribution is 14.0. The molecule has 1 aromatic carbocycles. The highest BCUT2D eigenvalue weighted by Crippen LogP contribution is 2.17. The molecule has 0 fully saturated rings. The van der Waals surface area contributed by atoms with E-state index in [9.17, 15) is 4.79 Å². The number of nitrogens with one attached hydrogen (secondary N) is 1. The number of esters is 1. The first kappa shape index (κ1) is 22.2. The number of nitrogens with zero attached hydrogens (tertiary/aromatic N) is 2. The van der Waals surface area contributed by atoms with Crippen molar-refractivity contribution in [2.24, 2.45) is 4.99 Å². The molecular formula is C16H25BrIN3O2. The zero-order chi connectivity index (χ0) is 16.4. The summed E-state index contributed by atoms with van der Waals surface area (Å²) in [6, 6.07) is 8.15. The summed E-state index contributed by atoms with van der Waals surface area (Å²) in [5.74, 6) is 0.684. The largest absolute Gasteiger partial charge is 0.469 e. The van der Waals surface area contributed by atoms with Crippen LogP contribution in [0.25, 0.3) is 0 Å². The smallest absolute Gasteiger partial charge is 0.305 e. The van der Waals surface area contributed by atoms with Crippen LogP contribution in [0.4, 0.5) is 0 Å². The van der Waals surface area contributed by atoms with Gasteiger partial charge in [-0.1, -0.05) is 34.1 Å². The van der Waals surface area contributed by atoms with Crippen LogP contribution in [0.3, 0.4) is 0 Å². The van der Waals surface area contributed by atoms with Crippen LogP contribution < -0.4 is 5.32 Å². The fraction of sp³-hybridized carbons (Fsp3) is 0.500. The molecule has 7 heteroatoms. The van der Waals surface area contributed by atoms with Gasteiger partial charge in [0.1, 0.15) is 0 Å². The van der Waals surface area contributed by atoms with Crippen LogP contribution in [0.1, 0.15) is 24.8 Å². The summed E-state index contributed by atoms with van der Waals surface area (Å²) in [5.41, 5.74) is 1.21. The number of guanidine groups is 1. The van der Waals surface area contributed by atoms with Gasteiger partial charge in [0.05, 0.1) is 7.11 Å². The Bertz CT molecular complexity index is 512. The van der Waals surface area contributed by atoms with E-state index in [2.05, 4.69) is 41.9 Å². The van der Waals surface area contributed by atoms with E-state index in [1.165, 1.54) is 12.7 Å². The number of hydrogen-bond donors (Lipinski definition) is 1. The third-order valence-electron chi connectivity index (χ3n) is 3.26. The second-order valence-electron chi connectivity index (χ2n) is 4.95. The molecule has 0 amide bonds. The maximum absolute atomic E-state index is 11.0. The van der Waals surface area contributed by atoms with Crippen LogP contribution in [-0.2, 0) is 16.1 Å². The first-order valence-corrected chi connectivity index (χ1v) is 8.09. The van der Waals surface area contributed by atoms with Gasteiger partial charge >= 0.3 is 5.97 Å². The lowest BCUT2D eigenvalue weighted by Gasteiger charge is -2.22. The SMILES string of the molecule is CN=C(NCCCCC(=O)OC)N(C)Cc1ccccc1Br.I. The van der Waals surface area contributed by atoms with Crippen molar-refractivity contribution in [1.82, 2.24) is 10.2 Å². The molecule has 0 bridgehead atoms. The number of rotatable bonds is 7. The Morgan fingerprint density at radius 1 is 1.35 bits per heavy atom. The summed E-state index contributed by atoms with van der Waals surface area (Å²) in [7, 11) is 5.19. The number of benzene rings is 1. The van der Waals surface area contributed by atoms with E-state index in [0.29, 0.717) is 6.42 Å². The van der Waals surface area contributed by atoms with Gasteiger partial charge < -0.3 is 15.0 Å². The van der Waals surface area contributed by atoms with Gasteiger partial charge in [-0.25, -0.2) is 0 Å². The Morgan fingerprint density at radius 3 is 2.65 bits per heavy atom. The van der Waals surface area contributed by atoms with Crippen LogP contribution in [0.5, 0.6) is 0 Å². The molecule has 0 saturated heterocycles. The molecule has 0 heterocycles. The van der Waals surface area contributed by atoms with Gasteiger partial charge in [0, 0.05) is 38.1 Å². The Labute approximate surface area is 164 Å². The minimum absolute atomic E-state index is 0. The number of hydrogen-bond acceptors (Lipinski definition) is 3. The Balaban J connectivity index is 0.00000484. The third kappa shape index (κ3) is 8.55. The summed E-state index contributed by atoms with van der Waals surface area (Å²) < 4.78 is 5.71. The van der Waals surface area contributed by atoms with Crippen molar-refractivity contribution in [1.29, 1.82) is 0 Å². The molecule has 5 nitrogen and oxygen atoms in total. The van der Waals surface area contributed by atoms with Gasteiger partial charge in [-0.05, 0) is 24.5 Å². The fourth-order valence-electron chi connectivity index (χ4n) is 2.04. The molecule has 1 N–H and O–H groups in total. The first-order valence-electron chi connectivity index (χ1n) is 7.30. The average molecular weight is 498 g/mol. The number of ether oxygens (including phenoxy) is 1. The summed E-state index contributed by atoms with van der Waals surface area (Å²) in [5, 5.41) is 3.31. The van der Waals surface area contributed by atoms with Crippen LogP contribution in [0.15, 0.2) is 33.7 Å². The molecule has 0 aromatic heterocycles.